The number of aryl methyl sites for hydroxylation is 1. The minimum atomic E-state index is -0.316. The third-order valence-corrected chi connectivity index (χ3v) is 3.45. The third kappa shape index (κ3) is 3.10. The summed E-state index contributed by atoms with van der Waals surface area (Å²) >= 11 is 0. The summed E-state index contributed by atoms with van der Waals surface area (Å²) in [6.45, 7) is 2.79. The van der Waals surface area contributed by atoms with E-state index in [-0.39, 0.29) is 17.5 Å². The van der Waals surface area contributed by atoms with Crippen molar-refractivity contribution in [1.29, 1.82) is 0 Å². The summed E-state index contributed by atoms with van der Waals surface area (Å²) in [7, 11) is 1.53. The second-order valence-electron chi connectivity index (χ2n) is 4.90. The fourth-order valence-corrected chi connectivity index (χ4v) is 2.33. The van der Waals surface area contributed by atoms with Crippen LogP contribution < -0.4 is 10.9 Å². The van der Waals surface area contributed by atoms with Crippen molar-refractivity contribution < 1.29 is 9.53 Å². The van der Waals surface area contributed by atoms with Crippen LogP contribution in [-0.2, 0) is 16.1 Å². The normalized spacial score (nSPS) is 18.4. The minimum absolute atomic E-state index is 0.0383. The number of aromatic nitrogens is 1. The molecule has 108 valence electrons. The minimum Gasteiger partial charge on any atom is -0.501 e. The fraction of sp³-hybridized carbons (Fsp3) is 0.467. The van der Waals surface area contributed by atoms with Gasteiger partial charge >= 0.3 is 0 Å². The molecule has 1 amide bonds. The van der Waals surface area contributed by atoms with Crippen LogP contribution in [0.1, 0.15) is 37.8 Å². The van der Waals surface area contributed by atoms with E-state index < -0.39 is 0 Å². The van der Waals surface area contributed by atoms with Crippen molar-refractivity contribution in [3.8, 4) is 0 Å². The van der Waals surface area contributed by atoms with Gasteiger partial charge in [0.25, 0.3) is 5.56 Å². The summed E-state index contributed by atoms with van der Waals surface area (Å²) in [4.78, 5) is 24.0. The second kappa shape index (κ2) is 6.41. The van der Waals surface area contributed by atoms with Gasteiger partial charge in [-0.15, -0.1) is 0 Å². The van der Waals surface area contributed by atoms with Gasteiger partial charge in [0.1, 0.15) is 5.76 Å². The first-order valence-electron chi connectivity index (χ1n) is 6.90. The average Bonchev–Trinajstić information content (AvgIpc) is 2.45. The molecule has 1 atom stereocenters. The lowest BCUT2D eigenvalue weighted by molar-refractivity contribution is -0.118. The Hall–Kier alpha value is -2.04. The number of amides is 1. The van der Waals surface area contributed by atoms with Gasteiger partial charge in [0.15, 0.2) is 0 Å². The van der Waals surface area contributed by atoms with E-state index in [4.69, 9.17) is 4.74 Å². The molecular formula is C15H20N2O3. The molecule has 1 unspecified atom stereocenters. The molecular weight excluding hydrogens is 256 g/mol. The molecule has 1 N–H and O–H groups in total. The molecule has 0 saturated carbocycles. The number of carbonyl (C=O) groups is 1. The van der Waals surface area contributed by atoms with Crippen LogP contribution in [0, 0.1) is 0 Å². The van der Waals surface area contributed by atoms with Gasteiger partial charge in [0.2, 0.25) is 5.91 Å². The number of ether oxygens (including phenoxy) is 1. The van der Waals surface area contributed by atoms with E-state index in [1.165, 1.54) is 13.2 Å². The number of hydrogen-bond donors (Lipinski definition) is 1. The van der Waals surface area contributed by atoms with Crippen LogP contribution in [0.15, 0.2) is 35.0 Å². The van der Waals surface area contributed by atoms with E-state index in [0.29, 0.717) is 24.3 Å². The van der Waals surface area contributed by atoms with Crippen molar-refractivity contribution in [3.05, 3.63) is 46.1 Å². The zero-order valence-electron chi connectivity index (χ0n) is 11.9. The van der Waals surface area contributed by atoms with Gasteiger partial charge in [-0.3, -0.25) is 9.59 Å². The van der Waals surface area contributed by atoms with Gasteiger partial charge < -0.3 is 14.6 Å². The summed E-state index contributed by atoms with van der Waals surface area (Å²) in [5.74, 6) is 0.378. The standard InChI is InChI=1S/C15H20N2O3/c1-3-4-7-17-8-5-6-12(15(17)19)13-9-11(20-2)10-14(18)16-13/h5-6,8,10,13H,3-4,7,9H2,1-2H3,(H,16,18). The number of hydrogen-bond acceptors (Lipinski definition) is 3. The van der Waals surface area contributed by atoms with Crippen molar-refractivity contribution >= 4 is 5.91 Å². The summed E-state index contributed by atoms with van der Waals surface area (Å²) in [6.07, 6.45) is 5.72. The molecule has 1 aromatic rings. The fourth-order valence-electron chi connectivity index (χ4n) is 2.33. The highest BCUT2D eigenvalue weighted by atomic mass is 16.5. The number of methoxy groups -OCH3 is 1. The van der Waals surface area contributed by atoms with Crippen LogP contribution in [0.2, 0.25) is 0 Å². The molecule has 2 rings (SSSR count). The van der Waals surface area contributed by atoms with Crippen LogP contribution in [0.5, 0.6) is 0 Å². The number of rotatable bonds is 5. The molecule has 0 saturated heterocycles. The summed E-state index contributed by atoms with van der Waals surface area (Å²) in [6, 6.07) is 3.31. The highest BCUT2D eigenvalue weighted by Gasteiger charge is 2.24. The van der Waals surface area contributed by atoms with Crippen LogP contribution >= 0.6 is 0 Å². The van der Waals surface area contributed by atoms with Crippen LogP contribution in [0.4, 0.5) is 0 Å². The van der Waals surface area contributed by atoms with E-state index in [0.717, 1.165) is 12.8 Å². The van der Waals surface area contributed by atoms with Crippen LogP contribution in [0.25, 0.3) is 0 Å². The van der Waals surface area contributed by atoms with Crippen molar-refractivity contribution in [1.82, 2.24) is 9.88 Å². The Kier molecular flexibility index (Phi) is 4.61. The maximum atomic E-state index is 12.4. The Morgan fingerprint density at radius 1 is 1.45 bits per heavy atom. The lowest BCUT2D eigenvalue weighted by Gasteiger charge is -2.23. The van der Waals surface area contributed by atoms with Gasteiger partial charge in [0.05, 0.1) is 13.2 Å². The number of unbranched alkanes of at least 4 members (excludes halogenated alkanes) is 1. The zero-order valence-corrected chi connectivity index (χ0v) is 11.9. The average molecular weight is 276 g/mol. The Morgan fingerprint density at radius 3 is 2.95 bits per heavy atom. The first-order valence-corrected chi connectivity index (χ1v) is 6.90. The molecule has 0 radical (unpaired) electrons. The Labute approximate surface area is 118 Å². The van der Waals surface area contributed by atoms with Crippen molar-refractivity contribution in [2.75, 3.05) is 7.11 Å². The first kappa shape index (κ1) is 14.4. The van der Waals surface area contributed by atoms with Gasteiger partial charge in [-0.05, 0) is 18.6 Å². The summed E-state index contributed by atoms with van der Waals surface area (Å²) < 4.78 is 6.84. The monoisotopic (exact) mass is 276 g/mol. The van der Waals surface area contributed by atoms with Crippen molar-refractivity contribution in [3.63, 3.8) is 0 Å². The lowest BCUT2D eigenvalue weighted by atomic mass is 10.0. The van der Waals surface area contributed by atoms with Gasteiger partial charge in [0, 0.05) is 30.8 Å². The number of nitrogens with one attached hydrogen (secondary N) is 1. The van der Waals surface area contributed by atoms with E-state index in [9.17, 15) is 9.59 Å². The first-order chi connectivity index (χ1) is 9.65. The zero-order chi connectivity index (χ0) is 14.5. The Balaban J connectivity index is 2.27. The predicted octanol–water partition coefficient (Wildman–Crippen LogP) is 1.74. The molecule has 0 bridgehead atoms. The highest BCUT2D eigenvalue weighted by Crippen LogP contribution is 2.22. The van der Waals surface area contributed by atoms with E-state index in [1.807, 2.05) is 6.07 Å². The predicted molar refractivity (Wildman–Crippen MR) is 76.2 cm³/mol. The topological polar surface area (TPSA) is 60.3 Å². The summed E-state index contributed by atoms with van der Waals surface area (Å²) in [5, 5.41) is 2.81. The Bertz CT molecular complexity index is 575. The van der Waals surface area contributed by atoms with E-state index in [1.54, 1.807) is 16.8 Å². The van der Waals surface area contributed by atoms with Crippen LogP contribution in [-0.4, -0.2) is 17.6 Å². The van der Waals surface area contributed by atoms with Gasteiger partial charge in [-0.1, -0.05) is 13.3 Å². The van der Waals surface area contributed by atoms with Crippen LogP contribution in [0.3, 0.4) is 0 Å². The van der Waals surface area contributed by atoms with Crippen molar-refractivity contribution in [2.45, 2.75) is 38.8 Å². The molecule has 5 heteroatoms. The van der Waals surface area contributed by atoms with Gasteiger partial charge in [-0.25, -0.2) is 0 Å². The molecule has 2 heterocycles. The maximum absolute atomic E-state index is 12.4. The van der Waals surface area contributed by atoms with Gasteiger partial charge in [-0.2, -0.15) is 0 Å². The molecule has 0 aliphatic carbocycles. The smallest absolute Gasteiger partial charge is 0.255 e. The SMILES string of the molecule is CCCCn1cccc(C2CC(OC)=CC(=O)N2)c1=O. The largest absolute Gasteiger partial charge is 0.501 e. The molecule has 0 aromatic carbocycles. The van der Waals surface area contributed by atoms with E-state index >= 15 is 0 Å². The molecule has 20 heavy (non-hydrogen) atoms. The van der Waals surface area contributed by atoms with Crippen molar-refractivity contribution in [2.24, 2.45) is 0 Å². The Morgan fingerprint density at radius 2 is 2.25 bits per heavy atom. The number of nitrogens with zero attached hydrogens (tertiary/aromatic N) is 1. The second-order valence-corrected chi connectivity index (χ2v) is 4.90. The summed E-state index contributed by atoms with van der Waals surface area (Å²) in [5.41, 5.74) is 0.572. The number of carbonyl (C=O) groups excluding carboxylic acids is 1. The molecule has 0 spiro atoms. The molecule has 5 nitrogen and oxygen atoms in total. The third-order valence-electron chi connectivity index (χ3n) is 3.45. The highest BCUT2D eigenvalue weighted by molar-refractivity contribution is 5.89. The quantitative estimate of drug-likeness (QED) is 0.891. The maximum Gasteiger partial charge on any atom is 0.255 e. The number of pyridine rings is 1. The lowest BCUT2D eigenvalue weighted by Crippen LogP contribution is -2.36. The molecule has 1 aliphatic rings. The molecule has 1 aliphatic heterocycles. The van der Waals surface area contributed by atoms with E-state index in [2.05, 4.69) is 12.2 Å². The molecule has 1 aromatic heterocycles. The molecule has 0 fully saturated rings.